The summed E-state index contributed by atoms with van der Waals surface area (Å²) >= 11 is 0. The number of fused-ring (bicyclic) bond motifs is 1. The van der Waals surface area contributed by atoms with Gasteiger partial charge in [-0.1, -0.05) is 42.4 Å². The zero-order valence-electron chi connectivity index (χ0n) is 18.5. The van der Waals surface area contributed by atoms with Gasteiger partial charge in [0.25, 0.3) is 0 Å². The predicted octanol–water partition coefficient (Wildman–Crippen LogP) is 3.53. The van der Waals surface area contributed by atoms with E-state index in [1.807, 2.05) is 67.9 Å². The highest BCUT2D eigenvalue weighted by molar-refractivity contribution is 5.98. The molecule has 166 valence electrons. The summed E-state index contributed by atoms with van der Waals surface area (Å²) in [6.45, 7) is 5.76. The van der Waals surface area contributed by atoms with Crippen molar-refractivity contribution in [1.29, 1.82) is 0 Å². The monoisotopic (exact) mass is 432 g/mol. The number of hydrogen-bond donors (Lipinski definition) is 3. The van der Waals surface area contributed by atoms with Crippen LogP contribution in [0.1, 0.15) is 36.7 Å². The lowest BCUT2D eigenvalue weighted by molar-refractivity contribution is 0.0934. The normalized spacial score (nSPS) is 22.8. The van der Waals surface area contributed by atoms with Crippen molar-refractivity contribution >= 4 is 11.5 Å². The molecular weight excluding hydrogens is 404 g/mol. The molecule has 0 amide bonds. The van der Waals surface area contributed by atoms with Gasteiger partial charge in [0.1, 0.15) is 23.1 Å². The van der Waals surface area contributed by atoms with E-state index < -0.39 is 5.54 Å². The number of dihydropyridines is 2. The van der Waals surface area contributed by atoms with Crippen molar-refractivity contribution in [2.24, 2.45) is 16.8 Å². The van der Waals surface area contributed by atoms with Crippen LogP contribution in [-0.4, -0.2) is 30.0 Å². The molecular formula is C25H28N4O3. The van der Waals surface area contributed by atoms with Crippen molar-refractivity contribution in [2.45, 2.75) is 38.4 Å². The standard InChI is InChI=1S/C25H28N4O3/c1-15(14-26)23(30)17-6-4-16(5-7-17)21-13-20-24(32-21)19(9-11-27-20)18-8-10-28-22(12-18)25(2,3)29-31/h4-13,15,20,22,27-28H,14,26H2,1-3H3. The molecule has 1 aromatic carbocycles. The van der Waals surface area contributed by atoms with Gasteiger partial charge in [0.05, 0.1) is 6.04 Å². The summed E-state index contributed by atoms with van der Waals surface area (Å²) in [6, 6.07) is 7.10. The lowest BCUT2D eigenvalue weighted by atomic mass is 9.89. The lowest BCUT2D eigenvalue weighted by Crippen LogP contribution is -2.43. The molecule has 7 heteroatoms. The molecule has 3 atom stereocenters. The second kappa shape index (κ2) is 8.59. The highest BCUT2D eigenvalue weighted by Gasteiger charge is 2.33. The number of nitroso groups, excluding NO2 is 1. The Balaban J connectivity index is 1.59. The molecule has 32 heavy (non-hydrogen) atoms. The molecule has 0 radical (unpaired) electrons. The molecule has 3 aliphatic heterocycles. The van der Waals surface area contributed by atoms with E-state index in [9.17, 15) is 9.70 Å². The van der Waals surface area contributed by atoms with Crippen molar-refractivity contribution in [2.75, 3.05) is 6.54 Å². The van der Waals surface area contributed by atoms with Crippen LogP contribution in [0.15, 0.2) is 83.1 Å². The van der Waals surface area contributed by atoms with Crippen LogP contribution in [0.5, 0.6) is 0 Å². The molecule has 3 unspecified atom stereocenters. The van der Waals surface area contributed by atoms with Crippen LogP contribution in [0, 0.1) is 10.8 Å². The molecule has 3 aliphatic rings. The fourth-order valence-corrected chi connectivity index (χ4v) is 3.86. The van der Waals surface area contributed by atoms with Crippen molar-refractivity contribution in [3.8, 4) is 0 Å². The lowest BCUT2D eigenvalue weighted by Gasteiger charge is -2.29. The third-order valence-electron chi connectivity index (χ3n) is 6.06. The Morgan fingerprint density at radius 1 is 1.16 bits per heavy atom. The number of allylic oxidation sites excluding steroid dienone is 4. The fraction of sp³-hybridized carbons (Fsp3) is 0.320. The number of Topliss-reactive ketones (excluding diaryl/α,β-unsaturated/α-hetero) is 1. The number of benzene rings is 1. The van der Waals surface area contributed by atoms with Gasteiger partial charge >= 0.3 is 0 Å². The number of carbonyl (C=O) groups is 1. The van der Waals surface area contributed by atoms with Crippen molar-refractivity contribution in [1.82, 2.24) is 10.6 Å². The highest BCUT2D eigenvalue weighted by atomic mass is 16.5. The number of carbonyl (C=O) groups excluding carboxylic acids is 1. The SMILES string of the molecule is CC(CN)C(=O)c1ccc(C2=CC3NC=CC(C4=CC(C(C)(C)N=O)NC=C4)=C3O2)cc1. The molecule has 0 bridgehead atoms. The quantitative estimate of drug-likeness (QED) is 0.450. The number of hydrogen-bond acceptors (Lipinski definition) is 7. The van der Waals surface area contributed by atoms with E-state index >= 15 is 0 Å². The van der Waals surface area contributed by atoms with E-state index in [0.717, 1.165) is 28.2 Å². The predicted molar refractivity (Wildman–Crippen MR) is 125 cm³/mol. The first kappa shape index (κ1) is 21.8. The summed E-state index contributed by atoms with van der Waals surface area (Å²) in [5, 5.41) is 9.78. The average molecular weight is 433 g/mol. The Kier molecular flexibility index (Phi) is 5.84. The minimum atomic E-state index is -0.780. The van der Waals surface area contributed by atoms with E-state index in [0.29, 0.717) is 12.1 Å². The minimum absolute atomic E-state index is 0.0387. The molecule has 7 nitrogen and oxygen atoms in total. The second-order valence-electron chi connectivity index (χ2n) is 8.81. The first-order valence-electron chi connectivity index (χ1n) is 10.7. The van der Waals surface area contributed by atoms with Crippen LogP contribution in [-0.2, 0) is 4.74 Å². The van der Waals surface area contributed by atoms with Gasteiger partial charge in [-0.2, -0.15) is 4.91 Å². The van der Waals surface area contributed by atoms with Crippen LogP contribution in [0.4, 0.5) is 0 Å². The van der Waals surface area contributed by atoms with E-state index in [2.05, 4.69) is 15.8 Å². The molecule has 4 N–H and O–H groups in total. The van der Waals surface area contributed by atoms with Crippen LogP contribution >= 0.6 is 0 Å². The number of nitrogens with two attached hydrogens (primary N) is 1. The zero-order valence-corrected chi connectivity index (χ0v) is 18.5. The number of ether oxygens (including phenoxy) is 1. The molecule has 0 saturated carbocycles. The Labute approximate surface area is 187 Å². The summed E-state index contributed by atoms with van der Waals surface area (Å²) in [5.41, 5.74) is 8.29. The minimum Gasteiger partial charge on any atom is -0.458 e. The van der Waals surface area contributed by atoms with Gasteiger partial charge < -0.3 is 21.1 Å². The summed E-state index contributed by atoms with van der Waals surface area (Å²) in [6.07, 6.45) is 11.7. The smallest absolute Gasteiger partial charge is 0.166 e. The second-order valence-corrected chi connectivity index (χ2v) is 8.81. The summed E-state index contributed by atoms with van der Waals surface area (Å²) in [5.74, 6) is 1.36. The van der Waals surface area contributed by atoms with Crippen molar-refractivity contribution in [3.63, 3.8) is 0 Å². The van der Waals surface area contributed by atoms with E-state index in [4.69, 9.17) is 10.5 Å². The maximum atomic E-state index is 12.4. The maximum Gasteiger partial charge on any atom is 0.166 e. The first-order chi connectivity index (χ1) is 15.3. The summed E-state index contributed by atoms with van der Waals surface area (Å²) < 4.78 is 6.28. The number of rotatable bonds is 7. The molecule has 0 saturated heterocycles. The highest BCUT2D eigenvalue weighted by Crippen LogP contribution is 2.36. The average Bonchev–Trinajstić information content (AvgIpc) is 3.27. The molecule has 0 spiro atoms. The van der Waals surface area contributed by atoms with Crippen LogP contribution in [0.25, 0.3) is 5.76 Å². The van der Waals surface area contributed by atoms with Gasteiger partial charge in [0.15, 0.2) is 5.78 Å². The van der Waals surface area contributed by atoms with Crippen molar-refractivity contribution < 1.29 is 9.53 Å². The zero-order chi connectivity index (χ0) is 22.9. The Bertz CT molecular complexity index is 1080. The van der Waals surface area contributed by atoms with Gasteiger partial charge in [0.2, 0.25) is 0 Å². The molecule has 1 aromatic rings. The number of nitrogens with zero attached hydrogens (tertiary/aromatic N) is 1. The first-order valence-corrected chi connectivity index (χ1v) is 10.7. The fourth-order valence-electron chi connectivity index (χ4n) is 3.86. The Hall–Kier alpha value is -3.45. The van der Waals surface area contributed by atoms with Crippen LogP contribution in [0.2, 0.25) is 0 Å². The number of nitrogens with one attached hydrogen (secondary N) is 2. The van der Waals surface area contributed by atoms with E-state index in [-0.39, 0.29) is 23.8 Å². The van der Waals surface area contributed by atoms with Gasteiger partial charge in [-0.15, -0.1) is 0 Å². The Morgan fingerprint density at radius 2 is 1.88 bits per heavy atom. The van der Waals surface area contributed by atoms with E-state index in [1.165, 1.54) is 0 Å². The molecule has 3 heterocycles. The molecule has 4 rings (SSSR count). The molecule has 0 fully saturated rings. The maximum absolute atomic E-state index is 12.4. The largest absolute Gasteiger partial charge is 0.458 e. The van der Waals surface area contributed by atoms with E-state index in [1.54, 1.807) is 13.8 Å². The van der Waals surface area contributed by atoms with Gasteiger partial charge in [-0.25, -0.2) is 0 Å². The van der Waals surface area contributed by atoms with Gasteiger partial charge in [0, 0.05) is 29.2 Å². The van der Waals surface area contributed by atoms with Gasteiger partial charge in [-0.05, 0) is 50.0 Å². The number of ketones is 1. The molecule has 0 aliphatic carbocycles. The van der Waals surface area contributed by atoms with Crippen LogP contribution < -0.4 is 16.4 Å². The third kappa shape index (κ3) is 4.03. The summed E-state index contributed by atoms with van der Waals surface area (Å²) in [7, 11) is 0. The van der Waals surface area contributed by atoms with Gasteiger partial charge in [-0.3, -0.25) is 4.79 Å². The third-order valence-corrected chi connectivity index (χ3v) is 6.06. The Morgan fingerprint density at radius 3 is 2.56 bits per heavy atom. The topological polar surface area (TPSA) is 106 Å². The summed E-state index contributed by atoms with van der Waals surface area (Å²) in [4.78, 5) is 23.6. The van der Waals surface area contributed by atoms with Crippen molar-refractivity contribution in [3.05, 3.63) is 93.9 Å². The van der Waals surface area contributed by atoms with Crippen LogP contribution in [0.3, 0.4) is 0 Å². The molecule has 0 aromatic heterocycles.